The molecule has 9 heavy (non-hydrogen) atoms. The van der Waals surface area contributed by atoms with Gasteiger partial charge in [-0.25, -0.2) is 0 Å². The highest BCUT2D eigenvalue weighted by Crippen LogP contribution is 1.97. The van der Waals surface area contributed by atoms with E-state index in [0.717, 1.165) is 0 Å². The third kappa shape index (κ3) is 4.14. The van der Waals surface area contributed by atoms with Crippen LogP contribution in [-0.4, -0.2) is 22.7 Å². The summed E-state index contributed by atoms with van der Waals surface area (Å²) in [6, 6.07) is 0. The molecule has 0 radical (unpaired) electrons. The fourth-order valence-corrected chi connectivity index (χ4v) is 0.361. The van der Waals surface area contributed by atoms with Crippen molar-refractivity contribution in [2.45, 2.75) is 19.3 Å². The quantitative estimate of drug-likeness (QED) is 0.366. The monoisotopic (exact) mass is 131 g/mol. The van der Waals surface area contributed by atoms with Crippen LogP contribution >= 0.6 is 0 Å². The molecule has 0 aromatic heterocycles. The molecule has 0 atom stereocenters. The molecule has 0 bridgehead atoms. The first-order chi connectivity index (χ1) is 4.12. The summed E-state index contributed by atoms with van der Waals surface area (Å²) >= 11 is 0. The van der Waals surface area contributed by atoms with Gasteiger partial charge in [-0.2, -0.15) is 0 Å². The second-order valence-corrected chi connectivity index (χ2v) is 1.84. The van der Waals surface area contributed by atoms with Gasteiger partial charge in [0, 0.05) is 13.0 Å². The standard InChI is InChI=1S/C6H13NO2/c1-3-5-7-6(8,9)4-2/h3,7-9H,1,4-5H2,2H3. The van der Waals surface area contributed by atoms with E-state index in [4.69, 9.17) is 10.2 Å². The summed E-state index contributed by atoms with van der Waals surface area (Å²) in [6.07, 6.45) is 1.83. The maximum absolute atomic E-state index is 8.85. The Bertz CT molecular complexity index is 91.1. The van der Waals surface area contributed by atoms with Gasteiger partial charge in [-0.3, -0.25) is 5.32 Å². The van der Waals surface area contributed by atoms with Gasteiger partial charge in [-0.15, -0.1) is 6.58 Å². The number of aliphatic hydroxyl groups is 2. The van der Waals surface area contributed by atoms with Gasteiger partial charge < -0.3 is 10.2 Å². The van der Waals surface area contributed by atoms with E-state index in [0.29, 0.717) is 6.54 Å². The average Bonchev–Trinajstić information content (AvgIpc) is 1.84. The highest BCUT2D eigenvalue weighted by Gasteiger charge is 2.16. The Morgan fingerprint density at radius 1 is 1.67 bits per heavy atom. The van der Waals surface area contributed by atoms with Gasteiger partial charge in [0.1, 0.15) is 0 Å². The van der Waals surface area contributed by atoms with Crippen LogP contribution in [0.25, 0.3) is 0 Å². The normalized spacial score (nSPS) is 11.4. The fraction of sp³-hybridized carbons (Fsp3) is 0.667. The van der Waals surface area contributed by atoms with Crippen LogP contribution in [0.3, 0.4) is 0 Å². The predicted molar refractivity (Wildman–Crippen MR) is 35.7 cm³/mol. The molecule has 54 valence electrons. The minimum absolute atomic E-state index is 0.265. The van der Waals surface area contributed by atoms with Crippen LogP contribution < -0.4 is 5.32 Å². The van der Waals surface area contributed by atoms with Gasteiger partial charge in [0.2, 0.25) is 5.91 Å². The molecular weight excluding hydrogens is 118 g/mol. The zero-order valence-electron chi connectivity index (χ0n) is 5.59. The first-order valence-corrected chi connectivity index (χ1v) is 2.93. The summed E-state index contributed by atoms with van der Waals surface area (Å²) in [6.45, 7) is 5.49. The number of rotatable bonds is 4. The smallest absolute Gasteiger partial charge is 0.222 e. The molecule has 0 aromatic carbocycles. The van der Waals surface area contributed by atoms with Gasteiger partial charge >= 0.3 is 0 Å². The molecule has 0 saturated carbocycles. The zero-order chi connectivity index (χ0) is 7.33. The highest BCUT2D eigenvalue weighted by molar-refractivity contribution is 4.72. The molecule has 0 aliphatic rings. The summed E-state index contributed by atoms with van der Waals surface area (Å²) in [4.78, 5) is 0. The largest absolute Gasteiger partial charge is 0.353 e. The van der Waals surface area contributed by atoms with E-state index < -0.39 is 5.91 Å². The topological polar surface area (TPSA) is 52.5 Å². The number of nitrogens with one attached hydrogen (secondary N) is 1. The molecule has 0 heterocycles. The Kier molecular flexibility index (Phi) is 3.46. The van der Waals surface area contributed by atoms with Crippen LogP contribution in [0, 0.1) is 0 Å². The Labute approximate surface area is 55.0 Å². The van der Waals surface area contributed by atoms with Crippen molar-refractivity contribution in [1.82, 2.24) is 5.32 Å². The van der Waals surface area contributed by atoms with E-state index in [9.17, 15) is 0 Å². The molecule has 0 amide bonds. The molecular formula is C6H13NO2. The second kappa shape index (κ2) is 3.61. The first-order valence-electron chi connectivity index (χ1n) is 2.93. The van der Waals surface area contributed by atoms with Gasteiger partial charge in [0.05, 0.1) is 0 Å². The van der Waals surface area contributed by atoms with Crippen molar-refractivity contribution in [2.75, 3.05) is 6.54 Å². The summed E-state index contributed by atoms with van der Waals surface area (Å²) < 4.78 is 0. The predicted octanol–water partition coefficient (Wildman–Crippen LogP) is -0.190. The van der Waals surface area contributed by atoms with E-state index in [2.05, 4.69) is 11.9 Å². The lowest BCUT2D eigenvalue weighted by atomic mass is 10.3. The molecule has 0 aliphatic heterocycles. The third-order valence-corrected chi connectivity index (χ3v) is 1.02. The molecule has 0 aliphatic carbocycles. The number of hydrogen-bond donors (Lipinski definition) is 3. The summed E-state index contributed by atoms with van der Waals surface area (Å²) in [5, 5.41) is 20.2. The molecule has 0 saturated heterocycles. The third-order valence-electron chi connectivity index (χ3n) is 1.02. The van der Waals surface area contributed by atoms with Crippen molar-refractivity contribution in [3.8, 4) is 0 Å². The highest BCUT2D eigenvalue weighted by atomic mass is 16.5. The second-order valence-electron chi connectivity index (χ2n) is 1.84. The lowest BCUT2D eigenvalue weighted by Crippen LogP contribution is -2.44. The van der Waals surface area contributed by atoms with Crippen molar-refractivity contribution in [2.24, 2.45) is 0 Å². The van der Waals surface area contributed by atoms with Gasteiger partial charge in [0.25, 0.3) is 0 Å². The molecule has 3 N–H and O–H groups in total. The van der Waals surface area contributed by atoms with E-state index >= 15 is 0 Å². The fourth-order valence-electron chi connectivity index (χ4n) is 0.361. The zero-order valence-corrected chi connectivity index (χ0v) is 5.59. The van der Waals surface area contributed by atoms with E-state index in [-0.39, 0.29) is 6.42 Å². The van der Waals surface area contributed by atoms with Crippen molar-refractivity contribution in [3.05, 3.63) is 12.7 Å². The van der Waals surface area contributed by atoms with Crippen LogP contribution in [0.5, 0.6) is 0 Å². The molecule has 0 unspecified atom stereocenters. The maximum atomic E-state index is 8.85. The van der Waals surface area contributed by atoms with E-state index in [1.807, 2.05) is 0 Å². The minimum atomic E-state index is -1.73. The molecule has 0 spiro atoms. The van der Waals surface area contributed by atoms with Crippen LogP contribution in [-0.2, 0) is 0 Å². The number of hydrogen-bond acceptors (Lipinski definition) is 3. The molecule has 3 heteroatoms. The molecule has 0 fully saturated rings. The van der Waals surface area contributed by atoms with Gasteiger partial charge in [-0.05, 0) is 0 Å². The van der Waals surface area contributed by atoms with Crippen molar-refractivity contribution >= 4 is 0 Å². The minimum Gasteiger partial charge on any atom is -0.353 e. The summed E-state index contributed by atoms with van der Waals surface area (Å²) in [7, 11) is 0. The van der Waals surface area contributed by atoms with Crippen LogP contribution in [0.15, 0.2) is 12.7 Å². The summed E-state index contributed by atoms with van der Waals surface area (Å²) in [5.74, 6) is -1.73. The van der Waals surface area contributed by atoms with Crippen LogP contribution in [0.2, 0.25) is 0 Å². The molecule has 3 nitrogen and oxygen atoms in total. The summed E-state index contributed by atoms with van der Waals surface area (Å²) in [5.41, 5.74) is 0. The van der Waals surface area contributed by atoms with E-state index in [1.54, 1.807) is 13.0 Å². The maximum Gasteiger partial charge on any atom is 0.222 e. The van der Waals surface area contributed by atoms with Crippen molar-refractivity contribution in [1.29, 1.82) is 0 Å². The van der Waals surface area contributed by atoms with Crippen molar-refractivity contribution < 1.29 is 10.2 Å². The molecule has 0 aromatic rings. The first kappa shape index (κ1) is 8.62. The van der Waals surface area contributed by atoms with Crippen LogP contribution in [0.4, 0.5) is 0 Å². The Balaban J connectivity index is 3.44. The Morgan fingerprint density at radius 3 is 2.56 bits per heavy atom. The average molecular weight is 131 g/mol. The lowest BCUT2D eigenvalue weighted by Gasteiger charge is -2.19. The van der Waals surface area contributed by atoms with Gasteiger partial charge in [-0.1, -0.05) is 13.0 Å². The lowest BCUT2D eigenvalue weighted by molar-refractivity contribution is -0.184. The Hall–Kier alpha value is -0.380. The van der Waals surface area contributed by atoms with Gasteiger partial charge in [0.15, 0.2) is 0 Å². The van der Waals surface area contributed by atoms with Crippen LogP contribution in [0.1, 0.15) is 13.3 Å². The molecule has 0 rings (SSSR count). The van der Waals surface area contributed by atoms with E-state index in [1.165, 1.54) is 0 Å². The SMILES string of the molecule is C=CCNC(O)(O)CC. The Morgan fingerprint density at radius 2 is 2.22 bits per heavy atom. The van der Waals surface area contributed by atoms with Crippen molar-refractivity contribution in [3.63, 3.8) is 0 Å².